The third-order valence-electron chi connectivity index (χ3n) is 3.53. The molecule has 0 aromatic heterocycles. The number of nitrogens with zero attached hydrogens (tertiary/aromatic N) is 3. The van der Waals surface area contributed by atoms with Crippen LogP contribution in [0, 0.1) is 0 Å². The van der Waals surface area contributed by atoms with E-state index in [1.54, 1.807) is 0 Å². The van der Waals surface area contributed by atoms with Crippen LogP contribution < -0.4 is 5.73 Å². The summed E-state index contributed by atoms with van der Waals surface area (Å²) < 4.78 is 0. The quantitative estimate of drug-likeness (QED) is 0.701. The fourth-order valence-electron chi connectivity index (χ4n) is 2.33. The summed E-state index contributed by atoms with van der Waals surface area (Å²) in [4.78, 5) is 18.4. The fourth-order valence-corrected chi connectivity index (χ4v) is 2.33. The van der Waals surface area contributed by atoms with Gasteiger partial charge in [-0.1, -0.05) is 0 Å². The highest BCUT2D eigenvalue weighted by Gasteiger charge is 2.26. The summed E-state index contributed by atoms with van der Waals surface area (Å²) in [6, 6.07) is 0.313. The summed E-state index contributed by atoms with van der Waals surface area (Å²) >= 11 is 0. The first kappa shape index (κ1) is 14.4. The maximum absolute atomic E-state index is 12.0. The van der Waals surface area contributed by atoms with E-state index in [0.717, 1.165) is 32.7 Å². The molecule has 1 unspecified atom stereocenters. The normalized spacial score (nSPS) is 22.7. The van der Waals surface area contributed by atoms with Crippen molar-refractivity contribution in [1.29, 1.82) is 0 Å². The molecule has 0 saturated carbocycles. The highest BCUT2D eigenvalue weighted by Crippen LogP contribution is 2.07. The lowest BCUT2D eigenvalue weighted by Gasteiger charge is -2.39. The number of hydrogen-bond donors (Lipinski definition) is 1. The van der Waals surface area contributed by atoms with Gasteiger partial charge >= 0.3 is 0 Å². The molecule has 1 saturated heterocycles. The molecule has 2 N–H and O–H groups in total. The lowest BCUT2D eigenvalue weighted by atomic mass is 10.1. The van der Waals surface area contributed by atoms with Crippen LogP contribution in [-0.4, -0.2) is 79.5 Å². The third kappa shape index (κ3) is 3.94. The minimum absolute atomic E-state index is 0.220. The van der Waals surface area contributed by atoms with Crippen molar-refractivity contribution in [3.8, 4) is 0 Å². The third-order valence-corrected chi connectivity index (χ3v) is 3.53. The second kappa shape index (κ2) is 6.93. The van der Waals surface area contributed by atoms with Crippen LogP contribution in [-0.2, 0) is 4.79 Å². The Hall–Kier alpha value is -0.650. The zero-order chi connectivity index (χ0) is 12.8. The summed E-state index contributed by atoms with van der Waals surface area (Å²) in [5, 5.41) is 0. The van der Waals surface area contributed by atoms with Gasteiger partial charge in [0.25, 0.3) is 0 Å². The van der Waals surface area contributed by atoms with Gasteiger partial charge in [-0.15, -0.1) is 0 Å². The van der Waals surface area contributed by atoms with Crippen LogP contribution in [0.1, 0.15) is 13.8 Å². The van der Waals surface area contributed by atoms with Crippen molar-refractivity contribution in [2.45, 2.75) is 19.9 Å². The summed E-state index contributed by atoms with van der Waals surface area (Å²) in [5.41, 5.74) is 5.78. The maximum atomic E-state index is 12.0. The molecule has 1 aliphatic rings. The predicted molar refractivity (Wildman–Crippen MR) is 69.8 cm³/mol. The van der Waals surface area contributed by atoms with E-state index >= 15 is 0 Å². The Labute approximate surface area is 105 Å². The molecule has 1 heterocycles. The molecule has 0 bridgehead atoms. The van der Waals surface area contributed by atoms with Gasteiger partial charge in [0, 0.05) is 45.3 Å². The molecule has 0 aliphatic carbocycles. The van der Waals surface area contributed by atoms with E-state index in [4.69, 9.17) is 5.73 Å². The molecule has 1 atom stereocenters. The Kier molecular flexibility index (Phi) is 5.88. The highest BCUT2D eigenvalue weighted by molar-refractivity contribution is 5.78. The van der Waals surface area contributed by atoms with Crippen molar-refractivity contribution in [1.82, 2.24) is 14.7 Å². The largest absolute Gasteiger partial charge is 0.342 e. The smallest absolute Gasteiger partial charge is 0.236 e. The van der Waals surface area contributed by atoms with E-state index in [2.05, 4.69) is 16.8 Å². The van der Waals surface area contributed by atoms with Gasteiger partial charge in [-0.05, 0) is 20.9 Å². The molecule has 1 aliphatic heterocycles. The van der Waals surface area contributed by atoms with Crippen LogP contribution in [0.5, 0.6) is 0 Å². The van der Waals surface area contributed by atoms with Crippen LogP contribution in [0.25, 0.3) is 0 Å². The van der Waals surface area contributed by atoms with Crippen LogP contribution in [0.2, 0.25) is 0 Å². The summed E-state index contributed by atoms with van der Waals surface area (Å²) in [6.07, 6.45) is 0. The van der Waals surface area contributed by atoms with E-state index in [9.17, 15) is 4.79 Å². The summed E-state index contributed by atoms with van der Waals surface area (Å²) in [5.74, 6) is 0.220. The topological polar surface area (TPSA) is 52.8 Å². The standard InChI is InChI=1S/C12H26N4O/c1-4-15(5-2)12(17)10-16-7-6-14(3)9-11(16)8-13/h11H,4-10,13H2,1-3H3. The van der Waals surface area contributed by atoms with Crippen molar-refractivity contribution in [2.75, 3.05) is 52.9 Å². The molecule has 17 heavy (non-hydrogen) atoms. The average Bonchev–Trinajstić information content (AvgIpc) is 2.33. The zero-order valence-electron chi connectivity index (χ0n) is 11.4. The number of hydrogen-bond acceptors (Lipinski definition) is 4. The predicted octanol–water partition coefficient (Wildman–Crippen LogP) is -0.570. The number of nitrogens with two attached hydrogens (primary N) is 1. The molecule has 5 nitrogen and oxygen atoms in total. The first-order chi connectivity index (χ1) is 8.12. The van der Waals surface area contributed by atoms with E-state index in [0.29, 0.717) is 19.1 Å². The summed E-state index contributed by atoms with van der Waals surface area (Å²) in [6.45, 7) is 9.66. The second-order valence-electron chi connectivity index (χ2n) is 4.69. The van der Waals surface area contributed by atoms with Crippen molar-refractivity contribution in [3.05, 3.63) is 0 Å². The molecule has 100 valence electrons. The Morgan fingerprint density at radius 1 is 1.35 bits per heavy atom. The van der Waals surface area contributed by atoms with Gasteiger partial charge in [0.1, 0.15) is 0 Å². The van der Waals surface area contributed by atoms with E-state index in [1.165, 1.54) is 0 Å². The number of rotatable bonds is 5. The number of carbonyl (C=O) groups is 1. The summed E-state index contributed by atoms with van der Waals surface area (Å²) in [7, 11) is 2.10. The van der Waals surface area contributed by atoms with Crippen LogP contribution in [0.3, 0.4) is 0 Å². The number of carbonyl (C=O) groups excluding carboxylic acids is 1. The molecule has 0 spiro atoms. The molecule has 5 heteroatoms. The number of amides is 1. The van der Waals surface area contributed by atoms with Gasteiger partial charge in [-0.3, -0.25) is 9.69 Å². The average molecular weight is 242 g/mol. The molecule has 1 rings (SSSR count). The van der Waals surface area contributed by atoms with Crippen LogP contribution in [0.4, 0.5) is 0 Å². The first-order valence-corrected chi connectivity index (χ1v) is 6.52. The monoisotopic (exact) mass is 242 g/mol. The van der Waals surface area contributed by atoms with Gasteiger partial charge in [0.2, 0.25) is 5.91 Å². The van der Waals surface area contributed by atoms with Gasteiger partial charge in [0.15, 0.2) is 0 Å². The SMILES string of the molecule is CCN(CC)C(=O)CN1CCN(C)CC1CN. The lowest BCUT2D eigenvalue weighted by Crippen LogP contribution is -2.57. The lowest BCUT2D eigenvalue weighted by molar-refractivity contribution is -0.133. The fraction of sp³-hybridized carbons (Fsp3) is 0.917. The molecule has 0 radical (unpaired) electrons. The Balaban J connectivity index is 2.51. The van der Waals surface area contributed by atoms with Gasteiger partial charge in [-0.2, -0.15) is 0 Å². The van der Waals surface area contributed by atoms with Gasteiger partial charge in [0.05, 0.1) is 6.54 Å². The number of piperazine rings is 1. The van der Waals surface area contributed by atoms with Gasteiger partial charge in [-0.25, -0.2) is 0 Å². The molecular weight excluding hydrogens is 216 g/mol. The Bertz CT molecular complexity index is 243. The van der Waals surface area contributed by atoms with Crippen molar-refractivity contribution in [3.63, 3.8) is 0 Å². The molecule has 0 aromatic rings. The van der Waals surface area contributed by atoms with E-state index in [1.807, 2.05) is 18.7 Å². The van der Waals surface area contributed by atoms with Gasteiger partial charge < -0.3 is 15.5 Å². The Morgan fingerprint density at radius 3 is 2.53 bits per heavy atom. The molecule has 1 fully saturated rings. The van der Waals surface area contributed by atoms with Crippen molar-refractivity contribution < 1.29 is 4.79 Å². The maximum Gasteiger partial charge on any atom is 0.236 e. The Morgan fingerprint density at radius 2 is 2.00 bits per heavy atom. The van der Waals surface area contributed by atoms with E-state index < -0.39 is 0 Å². The molecule has 1 amide bonds. The molecule has 0 aromatic carbocycles. The first-order valence-electron chi connectivity index (χ1n) is 6.52. The minimum Gasteiger partial charge on any atom is -0.342 e. The highest BCUT2D eigenvalue weighted by atomic mass is 16.2. The van der Waals surface area contributed by atoms with Crippen LogP contribution >= 0.6 is 0 Å². The molecular formula is C12H26N4O. The number of likely N-dealkylation sites (N-methyl/N-ethyl adjacent to an activating group) is 2. The van der Waals surface area contributed by atoms with E-state index in [-0.39, 0.29) is 5.91 Å². The minimum atomic E-state index is 0.220. The van der Waals surface area contributed by atoms with Crippen LogP contribution in [0.15, 0.2) is 0 Å². The van der Waals surface area contributed by atoms with Crippen molar-refractivity contribution in [2.24, 2.45) is 5.73 Å². The second-order valence-corrected chi connectivity index (χ2v) is 4.69. The van der Waals surface area contributed by atoms with Crippen molar-refractivity contribution >= 4 is 5.91 Å². The zero-order valence-corrected chi connectivity index (χ0v) is 11.4.